The van der Waals surface area contributed by atoms with Crippen molar-refractivity contribution in [2.75, 3.05) is 0 Å². The second-order valence-electron chi connectivity index (χ2n) is 3.30. The summed E-state index contributed by atoms with van der Waals surface area (Å²) in [5.74, 6) is -0.242. The van der Waals surface area contributed by atoms with Crippen LogP contribution in [0.3, 0.4) is 0 Å². The third-order valence-electron chi connectivity index (χ3n) is 2.04. The van der Waals surface area contributed by atoms with Crippen molar-refractivity contribution in [1.82, 2.24) is 0 Å². The molecule has 1 N–H and O–H groups in total. The third-order valence-corrected chi connectivity index (χ3v) is 2.49. The first-order valence-electron chi connectivity index (χ1n) is 6.26. The molecule has 18 heavy (non-hydrogen) atoms. The molecule has 0 aliphatic heterocycles. The second-order valence-corrected chi connectivity index (χ2v) is 3.68. The van der Waals surface area contributed by atoms with Crippen LogP contribution in [0.5, 0.6) is 5.75 Å². The zero-order valence-electron chi connectivity index (χ0n) is 12.4. The Morgan fingerprint density at radius 1 is 1.06 bits per heavy atom. The molecule has 0 spiro atoms. The van der Waals surface area contributed by atoms with Gasteiger partial charge < -0.3 is 5.11 Å². The van der Waals surface area contributed by atoms with Crippen LogP contribution in [0, 0.1) is 13.8 Å². The van der Waals surface area contributed by atoms with Crippen LogP contribution in [-0.2, 0) is 0 Å². The largest absolute Gasteiger partial charge is 0.508 e. The molecular formula is C15H24ClFO. The standard InChI is InChI=1S/C11H12ClFO.2C2H6/c1-6-4-9(14)5-7(2)10(6)11(12)8(3)13;2*1-2/h4-5,14H,1-3H3;2*1-2H3/b11-8-;;. The molecule has 0 atom stereocenters. The Kier molecular flexibility index (Phi) is 10.7. The maximum absolute atomic E-state index is 12.9. The molecule has 0 saturated carbocycles. The number of phenolic OH excluding ortho intramolecular Hbond substituents is 1. The molecule has 0 aliphatic carbocycles. The maximum atomic E-state index is 12.9. The van der Waals surface area contributed by atoms with Gasteiger partial charge in [-0.05, 0) is 44.0 Å². The fourth-order valence-electron chi connectivity index (χ4n) is 1.46. The van der Waals surface area contributed by atoms with Gasteiger partial charge in [-0.2, -0.15) is 0 Å². The molecule has 3 heteroatoms. The van der Waals surface area contributed by atoms with Crippen molar-refractivity contribution in [2.45, 2.75) is 48.5 Å². The Balaban J connectivity index is 0. The number of halogens is 2. The minimum atomic E-state index is -0.413. The smallest absolute Gasteiger partial charge is 0.116 e. The highest BCUT2D eigenvalue weighted by molar-refractivity contribution is 6.49. The van der Waals surface area contributed by atoms with Crippen LogP contribution in [0.2, 0.25) is 0 Å². The van der Waals surface area contributed by atoms with E-state index in [2.05, 4.69) is 0 Å². The highest BCUT2D eigenvalue weighted by Crippen LogP contribution is 2.31. The topological polar surface area (TPSA) is 20.2 Å². The fourth-order valence-corrected chi connectivity index (χ4v) is 1.76. The molecule has 1 rings (SSSR count). The highest BCUT2D eigenvalue weighted by Gasteiger charge is 2.10. The van der Waals surface area contributed by atoms with Crippen LogP contribution in [0.25, 0.3) is 5.03 Å². The van der Waals surface area contributed by atoms with Gasteiger partial charge in [-0.3, -0.25) is 0 Å². The van der Waals surface area contributed by atoms with Gasteiger partial charge in [0.05, 0.1) is 5.03 Å². The van der Waals surface area contributed by atoms with Gasteiger partial charge in [0.1, 0.15) is 11.6 Å². The Labute approximate surface area is 115 Å². The summed E-state index contributed by atoms with van der Waals surface area (Å²) in [4.78, 5) is 0. The predicted molar refractivity (Wildman–Crippen MR) is 79.8 cm³/mol. The van der Waals surface area contributed by atoms with E-state index in [-0.39, 0.29) is 10.8 Å². The van der Waals surface area contributed by atoms with E-state index in [4.69, 9.17) is 11.6 Å². The number of aryl methyl sites for hydroxylation is 2. The van der Waals surface area contributed by atoms with Crippen molar-refractivity contribution in [3.05, 3.63) is 34.6 Å². The lowest BCUT2D eigenvalue weighted by molar-refractivity contribution is 0.474. The second kappa shape index (κ2) is 9.95. The quantitative estimate of drug-likeness (QED) is 0.670. The van der Waals surface area contributed by atoms with Gasteiger partial charge >= 0.3 is 0 Å². The number of rotatable bonds is 1. The Morgan fingerprint density at radius 3 is 1.67 bits per heavy atom. The fraction of sp³-hybridized carbons (Fsp3) is 0.467. The van der Waals surface area contributed by atoms with E-state index < -0.39 is 5.83 Å². The summed E-state index contributed by atoms with van der Waals surface area (Å²) in [5.41, 5.74) is 2.19. The number of aromatic hydroxyl groups is 1. The summed E-state index contributed by atoms with van der Waals surface area (Å²) in [6, 6.07) is 3.13. The van der Waals surface area contributed by atoms with Gasteiger partial charge in [0.2, 0.25) is 0 Å². The lowest BCUT2D eigenvalue weighted by Gasteiger charge is -2.09. The van der Waals surface area contributed by atoms with Gasteiger partial charge in [0, 0.05) is 5.56 Å². The third kappa shape index (κ3) is 5.54. The summed E-state index contributed by atoms with van der Waals surface area (Å²) in [5, 5.41) is 9.40. The first kappa shape index (κ1) is 19.3. The summed E-state index contributed by atoms with van der Waals surface area (Å²) in [7, 11) is 0. The van der Waals surface area contributed by atoms with Crippen molar-refractivity contribution in [1.29, 1.82) is 0 Å². The summed E-state index contributed by atoms with van der Waals surface area (Å²) in [6.07, 6.45) is 0. The van der Waals surface area contributed by atoms with Gasteiger partial charge in [-0.15, -0.1) is 0 Å². The molecule has 0 heterocycles. The van der Waals surface area contributed by atoms with E-state index in [1.165, 1.54) is 6.92 Å². The zero-order valence-corrected chi connectivity index (χ0v) is 13.1. The lowest BCUT2D eigenvalue weighted by Crippen LogP contribution is -1.90. The SMILES string of the molecule is C/C(F)=C(/Cl)c1c(C)cc(O)cc1C.CC.CC. The van der Waals surface area contributed by atoms with Crippen LogP contribution >= 0.6 is 11.6 Å². The molecule has 0 aliphatic rings. The van der Waals surface area contributed by atoms with Crippen molar-refractivity contribution < 1.29 is 9.50 Å². The van der Waals surface area contributed by atoms with Crippen molar-refractivity contribution in [2.24, 2.45) is 0 Å². The number of hydrogen-bond donors (Lipinski definition) is 1. The molecule has 0 radical (unpaired) electrons. The van der Waals surface area contributed by atoms with Crippen LogP contribution in [0.4, 0.5) is 4.39 Å². The monoisotopic (exact) mass is 274 g/mol. The molecule has 1 aromatic carbocycles. The summed E-state index contributed by atoms with van der Waals surface area (Å²) < 4.78 is 12.9. The molecule has 1 aromatic rings. The first-order valence-corrected chi connectivity index (χ1v) is 6.63. The van der Waals surface area contributed by atoms with E-state index >= 15 is 0 Å². The normalized spacial score (nSPS) is 10.5. The molecule has 0 fully saturated rings. The van der Waals surface area contributed by atoms with Gasteiger partial charge in [0.15, 0.2) is 0 Å². The van der Waals surface area contributed by atoms with Crippen LogP contribution in [0.15, 0.2) is 18.0 Å². The molecule has 104 valence electrons. The Bertz CT molecular complexity index is 370. The summed E-state index contributed by atoms with van der Waals surface area (Å²) >= 11 is 5.83. The van der Waals surface area contributed by atoms with Crippen molar-refractivity contribution >= 4 is 16.6 Å². The van der Waals surface area contributed by atoms with E-state index in [0.717, 1.165) is 11.1 Å². The Hall–Kier alpha value is -1.02. The molecule has 0 unspecified atom stereocenters. The molecule has 0 amide bonds. The van der Waals surface area contributed by atoms with E-state index in [0.29, 0.717) is 5.56 Å². The average Bonchev–Trinajstić information content (AvgIpc) is 2.32. The summed E-state index contributed by atoms with van der Waals surface area (Å²) in [6.45, 7) is 12.9. The highest BCUT2D eigenvalue weighted by atomic mass is 35.5. The van der Waals surface area contributed by atoms with E-state index in [1.54, 1.807) is 26.0 Å². The average molecular weight is 275 g/mol. The van der Waals surface area contributed by atoms with Crippen molar-refractivity contribution in [3.8, 4) is 5.75 Å². The van der Waals surface area contributed by atoms with Crippen LogP contribution < -0.4 is 0 Å². The predicted octanol–water partition coefficient (Wildman–Crippen LogP) is 5.96. The van der Waals surface area contributed by atoms with Crippen molar-refractivity contribution in [3.63, 3.8) is 0 Å². The molecule has 0 aromatic heterocycles. The van der Waals surface area contributed by atoms with E-state index in [9.17, 15) is 9.50 Å². The molecular weight excluding hydrogens is 251 g/mol. The van der Waals surface area contributed by atoms with Crippen LogP contribution in [-0.4, -0.2) is 5.11 Å². The number of allylic oxidation sites excluding steroid dienone is 1. The number of benzene rings is 1. The van der Waals surface area contributed by atoms with Gasteiger partial charge in [-0.25, -0.2) is 4.39 Å². The van der Waals surface area contributed by atoms with E-state index in [1.807, 2.05) is 27.7 Å². The minimum absolute atomic E-state index is 0.111. The maximum Gasteiger partial charge on any atom is 0.116 e. The molecule has 0 saturated heterocycles. The Morgan fingerprint density at radius 2 is 1.39 bits per heavy atom. The van der Waals surface area contributed by atoms with Crippen LogP contribution in [0.1, 0.15) is 51.3 Å². The lowest BCUT2D eigenvalue weighted by atomic mass is 10.0. The minimum Gasteiger partial charge on any atom is -0.508 e. The zero-order chi connectivity index (χ0) is 14.9. The first-order chi connectivity index (χ1) is 8.43. The van der Waals surface area contributed by atoms with Gasteiger partial charge in [-0.1, -0.05) is 39.3 Å². The number of hydrogen-bond acceptors (Lipinski definition) is 1. The number of phenols is 1. The molecule has 1 nitrogen and oxygen atoms in total. The van der Waals surface area contributed by atoms with Gasteiger partial charge in [0.25, 0.3) is 0 Å². The molecule has 0 bridgehead atoms.